The second-order valence-electron chi connectivity index (χ2n) is 20.1. The number of fused-ring (bicyclic) bond motifs is 8. The third kappa shape index (κ3) is 6.56. The molecule has 4 aliphatic rings. The number of nitrogens with zero attached hydrogens (tertiary/aromatic N) is 4. The molecule has 7 heteroatoms. The van der Waals surface area contributed by atoms with E-state index < -0.39 is 0 Å². The lowest BCUT2D eigenvalue weighted by Gasteiger charge is -2.46. The van der Waals surface area contributed by atoms with Crippen LogP contribution in [0.2, 0.25) is 0 Å². The summed E-state index contributed by atoms with van der Waals surface area (Å²) in [7, 11) is 0. The summed E-state index contributed by atoms with van der Waals surface area (Å²) in [5.41, 5.74) is 23.3. The number of para-hydroxylation sites is 7. The van der Waals surface area contributed by atoms with E-state index in [1.807, 2.05) is 11.8 Å². The third-order valence-electron chi connectivity index (χ3n) is 15.0. The maximum Gasteiger partial charge on any atom is 0.252 e. The molecule has 0 N–H and O–H groups in total. The van der Waals surface area contributed by atoms with Gasteiger partial charge in [0.2, 0.25) is 6.71 Å². The third-order valence-corrected chi connectivity index (χ3v) is 16.1. The van der Waals surface area contributed by atoms with Crippen molar-refractivity contribution in [2.45, 2.75) is 36.0 Å². The largest absolute Gasteiger partial charge is 0.311 e. The highest BCUT2D eigenvalue weighted by Gasteiger charge is 2.47. The van der Waals surface area contributed by atoms with Gasteiger partial charge < -0.3 is 19.6 Å². The van der Waals surface area contributed by atoms with E-state index in [1.165, 1.54) is 82.3 Å². The first-order chi connectivity index (χ1) is 34.9. The predicted octanol–water partition coefficient (Wildman–Crippen LogP) is 13.3. The maximum absolute atomic E-state index is 2.62. The molecule has 10 aromatic rings. The van der Waals surface area contributed by atoms with Gasteiger partial charge in [-0.15, -0.1) is 0 Å². The maximum atomic E-state index is 2.62. The van der Waals surface area contributed by atoms with Crippen LogP contribution in [0.15, 0.2) is 246 Å². The summed E-state index contributed by atoms with van der Waals surface area (Å²) in [6.45, 7) is 7.01. The zero-order chi connectivity index (χ0) is 47.4. The molecule has 336 valence electrons. The van der Waals surface area contributed by atoms with Crippen molar-refractivity contribution in [3.05, 3.63) is 242 Å². The molecule has 0 fully saturated rings. The first-order valence-electron chi connectivity index (χ1n) is 24.7. The van der Waals surface area contributed by atoms with Crippen LogP contribution in [0.1, 0.15) is 26.3 Å². The molecule has 0 atom stereocenters. The van der Waals surface area contributed by atoms with Gasteiger partial charge in [-0.25, -0.2) is 0 Å². The first kappa shape index (κ1) is 41.8. The van der Waals surface area contributed by atoms with Crippen molar-refractivity contribution >= 4 is 126 Å². The highest BCUT2D eigenvalue weighted by molar-refractivity contribution is 8.00. The Labute approximate surface area is 421 Å². The van der Waals surface area contributed by atoms with E-state index in [0.29, 0.717) is 0 Å². The second kappa shape index (κ2) is 16.2. The molecule has 0 aliphatic carbocycles. The molecule has 10 aromatic carbocycles. The number of hydrogen-bond acceptors (Lipinski definition) is 5. The van der Waals surface area contributed by atoms with Gasteiger partial charge >= 0.3 is 0 Å². The topological polar surface area (TPSA) is 13.0 Å². The molecule has 4 heterocycles. The number of anilines is 12. The second-order valence-corrected chi connectivity index (χ2v) is 21.2. The quantitative estimate of drug-likeness (QED) is 0.154. The lowest BCUT2D eigenvalue weighted by molar-refractivity contribution is 0.590. The van der Waals surface area contributed by atoms with E-state index in [-0.39, 0.29) is 18.8 Å². The normalized spacial score (nSPS) is 13.6. The lowest BCUT2D eigenvalue weighted by Crippen LogP contribution is -2.64. The van der Waals surface area contributed by atoms with Crippen LogP contribution in [0.4, 0.5) is 68.2 Å². The summed E-state index contributed by atoms with van der Waals surface area (Å²) in [6, 6.07) is 87.9. The van der Waals surface area contributed by atoms with Crippen molar-refractivity contribution in [3.63, 3.8) is 0 Å². The molecule has 14 rings (SSSR count). The number of benzene rings is 10. The number of hydrogen-bond donors (Lipinski definition) is 0. The Morgan fingerprint density at radius 3 is 1.25 bits per heavy atom. The molecular weight excluding hydrogens is 878 g/mol. The molecule has 0 saturated heterocycles. The minimum absolute atomic E-state index is 0.0105. The van der Waals surface area contributed by atoms with E-state index in [1.54, 1.807) is 0 Å². The van der Waals surface area contributed by atoms with Crippen LogP contribution < -0.4 is 52.4 Å². The zero-order valence-corrected chi connectivity index (χ0v) is 40.7. The summed E-state index contributed by atoms with van der Waals surface area (Å²) < 4.78 is 0. The van der Waals surface area contributed by atoms with E-state index in [4.69, 9.17) is 0 Å². The summed E-state index contributed by atoms with van der Waals surface area (Å²) in [6.07, 6.45) is 0. The van der Waals surface area contributed by atoms with Crippen LogP contribution >= 0.6 is 11.8 Å². The van der Waals surface area contributed by atoms with E-state index in [0.717, 1.165) is 34.1 Å². The Hall–Kier alpha value is -8.12. The summed E-state index contributed by atoms with van der Waals surface area (Å²) in [5.74, 6) is 0. The van der Waals surface area contributed by atoms with Gasteiger partial charge in [-0.1, -0.05) is 171 Å². The molecule has 4 nitrogen and oxygen atoms in total. The summed E-state index contributed by atoms with van der Waals surface area (Å²) in [4.78, 5) is 12.6. The van der Waals surface area contributed by atoms with Gasteiger partial charge in [0.1, 0.15) is 0 Å². The van der Waals surface area contributed by atoms with Gasteiger partial charge in [0.15, 0.2) is 0 Å². The van der Waals surface area contributed by atoms with E-state index in [9.17, 15) is 0 Å². The molecule has 0 bridgehead atoms. The first-order valence-corrected chi connectivity index (χ1v) is 25.6. The highest BCUT2D eigenvalue weighted by atomic mass is 32.2. The lowest BCUT2D eigenvalue weighted by atomic mass is 9.31. The average Bonchev–Trinajstić information content (AvgIpc) is 3.41. The van der Waals surface area contributed by atoms with Gasteiger partial charge in [-0.3, -0.25) is 0 Å². The van der Waals surface area contributed by atoms with E-state index in [2.05, 4.69) is 277 Å². The monoisotopic (exact) mass is 926 g/mol. The summed E-state index contributed by atoms with van der Waals surface area (Å²) in [5, 5.41) is 0. The summed E-state index contributed by atoms with van der Waals surface area (Å²) >= 11 is 1.92. The molecular formula is C64H48B2N4S. The Kier molecular flexibility index (Phi) is 9.56. The molecule has 0 saturated carbocycles. The zero-order valence-electron chi connectivity index (χ0n) is 39.9. The van der Waals surface area contributed by atoms with Gasteiger partial charge in [0.25, 0.3) is 6.71 Å². The van der Waals surface area contributed by atoms with Crippen molar-refractivity contribution in [1.29, 1.82) is 0 Å². The minimum atomic E-state index is -0.108. The smallest absolute Gasteiger partial charge is 0.252 e. The Bertz CT molecular complexity index is 3660. The van der Waals surface area contributed by atoms with Gasteiger partial charge in [0.05, 0.1) is 0 Å². The minimum Gasteiger partial charge on any atom is -0.311 e. The Morgan fingerprint density at radius 1 is 0.338 bits per heavy atom. The van der Waals surface area contributed by atoms with Gasteiger partial charge in [-0.2, -0.15) is 0 Å². The van der Waals surface area contributed by atoms with Gasteiger partial charge in [0, 0.05) is 78.0 Å². The number of rotatable bonds is 6. The van der Waals surface area contributed by atoms with Crippen molar-refractivity contribution in [1.82, 2.24) is 0 Å². The highest BCUT2D eigenvalue weighted by Crippen LogP contribution is 2.50. The Morgan fingerprint density at radius 2 is 0.761 bits per heavy atom. The van der Waals surface area contributed by atoms with Crippen LogP contribution in [-0.2, 0) is 5.41 Å². The van der Waals surface area contributed by atoms with Crippen LogP contribution in [0.5, 0.6) is 0 Å². The standard InChI is InChI=1S/C64H48B2N4S/c1-64(2,3)43-37-57-62-58(38-43)70(48-31-17-8-18-32-48)56-42-60-53(41-52(56)65(62)50-33-19-21-35-54(50)68(57)46-27-13-6-14-28-46)66-51-34-20-22-36-55(51)69(47-29-15-7-16-30-47)59-39-49(40-61(71-60)63(59)66)67(44-23-9-4-10-24-44)45-25-11-5-12-26-45/h4-42H,1-3H3. The SMILES string of the molecule is CC(C)(C)c1cc2c3c(c1)N(c1ccccc1)c1cc4c(cc1B3c1ccccc1N2c1ccccc1)B1c2ccccc2N(c2ccccc2)c2cc(N(c3ccccc3)c3ccccc3)cc(c21)S4. The van der Waals surface area contributed by atoms with Crippen molar-refractivity contribution < 1.29 is 0 Å². The molecule has 0 radical (unpaired) electrons. The van der Waals surface area contributed by atoms with Crippen LogP contribution in [-0.4, -0.2) is 13.4 Å². The fraction of sp³-hybridized carbons (Fsp3) is 0.0625. The molecule has 0 amide bonds. The molecule has 0 spiro atoms. The predicted molar refractivity (Wildman–Crippen MR) is 304 cm³/mol. The fourth-order valence-electron chi connectivity index (χ4n) is 11.9. The van der Waals surface area contributed by atoms with Gasteiger partial charge in [-0.05, 0) is 141 Å². The molecule has 71 heavy (non-hydrogen) atoms. The van der Waals surface area contributed by atoms with Crippen molar-refractivity contribution in [2.75, 3.05) is 19.6 Å². The Balaban J connectivity index is 1.06. The molecule has 0 aromatic heterocycles. The van der Waals surface area contributed by atoms with E-state index >= 15 is 0 Å². The molecule has 0 unspecified atom stereocenters. The fourth-order valence-corrected chi connectivity index (χ4v) is 13.1. The van der Waals surface area contributed by atoms with Crippen LogP contribution in [0, 0.1) is 0 Å². The average molecular weight is 927 g/mol. The van der Waals surface area contributed by atoms with Crippen LogP contribution in [0.3, 0.4) is 0 Å². The molecule has 4 aliphatic heterocycles. The van der Waals surface area contributed by atoms with Crippen molar-refractivity contribution in [3.8, 4) is 0 Å². The van der Waals surface area contributed by atoms with Crippen LogP contribution in [0.25, 0.3) is 0 Å². The van der Waals surface area contributed by atoms with Crippen molar-refractivity contribution in [2.24, 2.45) is 0 Å².